The molecule has 0 aliphatic carbocycles. The Labute approximate surface area is 182 Å². The molecular formula is C23H16F4N2O2S. The van der Waals surface area contributed by atoms with Gasteiger partial charge in [0.05, 0.1) is 17.1 Å². The van der Waals surface area contributed by atoms with Crippen LogP contribution in [0.5, 0.6) is 0 Å². The SMILES string of the molecule is O=[SH](=O)Cc1ccc(-c2c(-c3ccc(F)cc3)c(C(F)(F)F)nn2-c2ccccc2)cc1. The van der Waals surface area contributed by atoms with Crippen LogP contribution in [0.1, 0.15) is 11.3 Å². The molecule has 0 saturated carbocycles. The Morgan fingerprint density at radius 3 is 1.97 bits per heavy atom. The number of thiol groups is 1. The van der Waals surface area contributed by atoms with E-state index in [1.807, 2.05) is 0 Å². The summed E-state index contributed by atoms with van der Waals surface area (Å²) in [7, 11) is -2.64. The number of halogens is 4. The Bertz CT molecular complexity index is 1300. The standard InChI is InChI=1S/C23H16F4N2O2S/c24-18-12-10-16(11-13-18)20-21(17-8-6-15(7-9-17)14-32(30)31)29(19-4-2-1-3-5-19)28-22(20)23(25,26)27/h1-13,32H,14H2. The first-order chi connectivity index (χ1) is 15.2. The third-order valence-electron chi connectivity index (χ3n) is 4.83. The van der Waals surface area contributed by atoms with Crippen molar-refractivity contribution in [2.24, 2.45) is 0 Å². The van der Waals surface area contributed by atoms with Crippen molar-refractivity contribution in [3.05, 3.63) is 95.9 Å². The van der Waals surface area contributed by atoms with E-state index in [9.17, 15) is 26.0 Å². The van der Waals surface area contributed by atoms with Gasteiger partial charge in [-0.15, -0.1) is 0 Å². The van der Waals surface area contributed by atoms with Crippen molar-refractivity contribution in [1.29, 1.82) is 0 Å². The summed E-state index contributed by atoms with van der Waals surface area (Å²) in [5.41, 5.74) is 0.346. The van der Waals surface area contributed by atoms with Crippen molar-refractivity contribution in [1.82, 2.24) is 9.78 Å². The number of alkyl halides is 3. The van der Waals surface area contributed by atoms with Gasteiger partial charge in [0.15, 0.2) is 5.69 Å². The zero-order valence-electron chi connectivity index (χ0n) is 16.4. The highest BCUT2D eigenvalue weighted by Gasteiger charge is 2.40. The summed E-state index contributed by atoms with van der Waals surface area (Å²) in [6.07, 6.45) is -4.76. The first-order valence-corrected chi connectivity index (χ1v) is 10.8. The van der Waals surface area contributed by atoms with Crippen molar-refractivity contribution in [3.63, 3.8) is 0 Å². The monoisotopic (exact) mass is 460 g/mol. The van der Waals surface area contributed by atoms with Crippen molar-refractivity contribution in [2.75, 3.05) is 0 Å². The van der Waals surface area contributed by atoms with E-state index in [1.54, 1.807) is 54.6 Å². The van der Waals surface area contributed by atoms with Crippen molar-refractivity contribution in [2.45, 2.75) is 11.9 Å². The quantitative estimate of drug-likeness (QED) is 0.317. The van der Waals surface area contributed by atoms with Crippen LogP contribution < -0.4 is 0 Å². The van der Waals surface area contributed by atoms with Crippen LogP contribution in [-0.4, -0.2) is 18.2 Å². The number of hydrogen-bond acceptors (Lipinski definition) is 3. The molecule has 0 radical (unpaired) electrons. The molecule has 0 unspecified atom stereocenters. The topological polar surface area (TPSA) is 52.0 Å². The minimum atomic E-state index is -4.76. The highest BCUT2D eigenvalue weighted by atomic mass is 32.2. The van der Waals surface area contributed by atoms with Crippen LogP contribution in [0.15, 0.2) is 78.9 Å². The van der Waals surface area contributed by atoms with E-state index >= 15 is 0 Å². The summed E-state index contributed by atoms with van der Waals surface area (Å²) in [6, 6.07) is 19.3. The lowest BCUT2D eigenvalue weighted by Gasteiger charge is -2.12. The molecule has 0 aliphatic heterocycles. The van der Waals surface area contributed by atoms with Gasteiger partial charge in [0.2, 0.25) is 0 Å². The first kappa shape index (κ1) is 21.8. The van der Waals surface area contributed by atoms with E-state index < -0.39 is 28.4 Å². The summed E-state index contributed by atoms with van der Waals surface area (Å²) >= 11 is 0. The maximum Gasteiger partial charge on any atom is 0.435 e. The van der Waals surface area contributed by atoms with Crippen molar-refractivity contribution in [3.8, 4) is 28.1 Å². The maximum atomic E-state index is 14.0. The van der Waals surface area contributed by atoms with Gasteiger partial charge >= 0.3 is 6.18 Å². The second-order valence-corrected chi connectivity index (χ2v) is 7.99. The Hall–Kier alpha value is -3.46. The van der Waals surface area contributed by atoms with Crippen LogP contribution in [0.2, 0.25) is 0 Å². The molecule has 0 aliphatic rings. The third kappa shape index (κ3) is 4.43. The third-order valence-corrected chi connectivity index (χ3v) is 5.45. The van der Waals surface area contributed by atoms with Gasteiger partial charge in [-0.2, -0.15) is 18.3 Å². The van der Waals surface area contributed by atoms with E-state index in [-0.39, 0.29) is 22.6 Å². The largest absolute Gasteiger partial charge is 0.435 e. The zero-order chi connectivity index (χ0) is 22.9. The van der Waals surface area contributed by atoms with Gasteiger partial charge in [0.1, 0.15) is 16.5 Å². The summed E-state index contributed by atoms with van der Waals surface area (Å²) in [4.78, 5) is 0. The molecule has 4 aromatic rings. The lowest BCUT2D eigenvalue weighted by atomic mass is 9.97. The molecule has 4 rings (SSSR count). The zero-order valence-corrected chi connectivity index (χ0v) is 17.3. The second kappa shape index (κ2) is 8.58. The lowest BCUT2D eigenvalue weighted by molar-refractivity contribution is -0.140. The molecule has 0 saturated heterocycles. The smallest absolute Gasteiger partial charge is 0.232 e. The van der Waals surface area contributed by atoms with E-state index in [1.165, 1.54) is 16.8 Å². The minimum Gasteiger partial charge on any atom is -0.232 e. The molecule has 3 aromatic carbocycles. The predicted molar refractivity (Wildman–Crippen MR) is 113 cm³/mol. The average Bonchev–Trinajstić information content (AvgIpc) is 3.16. The van der Waals surface area contributed by atoms with E-state index in [4.69, 9.17) is 0 Å². The Morgan fingerprint density at radius 1 is 0.812 bits per heavy atom. The predicted octanol–water partition coefficient (Wildman–Crippen LogP) is 5.48. The molecule has 9 heteroatoms. The fourth-order valence-electron chi connectivity index (χ4n) is 3.45. The molecule has 164 valence electrons. The van der Waals surface area contributed by atoms with Crippen molar-refractivity contribution < 1.29 is 26.0 Å². The van der Waals surface area contributed by atoms with Crippen LogP contribution in [0.4, 0.5) is 17.6 Å². The van der Waals surface area contributed by atoms with Gasteiger partial charge in [-0.05, 0) is 35.4 Å². The molecule has 1 aromatic heterocycles. The molecule has 1 heterocycles. The van der Waals surface area contributed by atoms with Crippen LogP contribution >= 0.6 is 0 Å². The molecular weight excluding hydrogens is 444 g/mol. The van der Waals surface area contributed by atoms with E-state index in [2.05, 4.69) is 5.10 Å². The fourth-order valence-corrected chi connectivity index (χ4v) is 3.96. The van der Waals surface area contributed by atoms with Crippen LogP contribution in [0.25, 0.3) is 28.1 Å². The molecule has 0 spiro atoms. The van der Waals surface area contributed by atoms with Crippen molar-refractivity contribution >= 4 is 10.7 Å². The average molecular weight is 460 g/mol. The van der Waals surface area contributed by atoms with Gasteiger partial charge in [-0.1, -0.05) is 54.6 Å². The lowest BCUT2D eigenvalue weighted by Crippen LogP contribution is -2.08. The number of para-hydroxylation sites is 1. The number of aromatic nitrogens is 2. The van der Waals surface area contributed by atoms with E-state index in [0.29, 0.717) is 16.8 Å². The normalized spacial score (nSPS) is 11.8. The van der Waals surface area contributed by atoms with Gasteiger partial charge in [-0.25, -0.2) is 17.5 Å². The molecule has 0 atom stereocenters. The van der Waals surface area contributed by atoms with Crippen LogP contribution in [0.3, 0.4) is 0 Å². The summed E-state index contributed by atoms with van der Waals surface area (Å²) in [5.74, 6) is -0.748. The highest BCUT2D eigenvalue weighted by molar-refractivity contribution is 7.71. The van der Waals surface area contributed by atoms with Gasteiger partial charge < -0.3 is 0 Å². The number of benzene rings is 3. The minimum absolute atomic E-state index is 0.155. The van der Waals surface area contributed by atoms with Crippen LogP contribution in [-0.2, 0) is 22.6 Å². The number of rotatable bonds is 5. The Balaban J connectivity index is 2.02. The molecule has 0 bridgehead atoms. The molecule has 0 N–H and O–H groups in total. The van der Waals surface area contributed by atoms with Gasteiger partial charge in [0.25, 0.3) is 0 Å². The maximum absolute atomic E-state index is 14.0. The fraction of sp³-hybridized carbons (Fsp3) is 0.0870. The number of hydrogen-bond donors (Lipinski definition) is 1. The highest BCUT2D eigenvalue weighted by Crippen LogP contribution is 2.43. The first-order valence-electron chi connectivity index (χ1n) is 9.47. The molecule has 0 amide bonds. The Morgan fingerprint density at radius 2 is 1.41 bits per heavy atom. The van der Waals surface area contributed by atoms with Crippen LogP contribution in [0, 0.1) is 5.82 Å². The second-order valence-electron chi connectivity index (χ2n) is 7.01. The van der Waals surface area contributed by atoms with Gasteiger partial charge in [-0.3, -0.25) is 0 Å². The molecule has 32 heavy (non-hydrogen) atoms. The van der Waals surface area contributed by atoms with Gasteiger partial charge in [0, 0.05) is 11.1 Å². The summed E-state index contributed by atoms with van der Waals surface area (Å²) in [5, 5.41) is 3.90. The number of nitrogens with zero attached hydrogens (tertiary/aromatic N) is 2. The summed E-state index contributed by atoms with van der Waals surface area (Å²) < 4.78 is 78.8. The molecule has 0 fully saturated rings. The summed E-state index contributed by atoms with van der Waals surface area (Å²) in [6.45, 7) is 0. The Kier molecular flexibility index (Phi) is 5.84. The molecule has 4 nitrogen and oxygen atoms in total. The van der Waals surface area contributed by atoms with E-state index in [0.717, 1.165) is 12.1 Å².